The average molecular weight is 365 g/mol. The predicted molar refractivity (Wildman–Crippen MR) is 93.3 cm³/mol. The van der Waals surface area contributed by atoms with Crippen molar-refractivity contribution < 1.29 is 14.7 Å². The first-order valence-electron chi connectivity index (χ1n) is 8.07. The van der Waals surface area contributed by atoms with E-state index in [0.29, 0.717) is 30.4 Å². The Bertz CT molecular complexity index is 726. The van der Waals surface area contributed by atoms with Crippen LogP contribution < -0.4 is 0 Å². The molecular formula is C17H21ClN4O3. The van der Waals surface area contributed by atoms with Gasteiger partial charge in [-0.05, 0) is 37.5 Å². The van der Waals surface area contributed by atoms with E-state index in [0.717, 1.165) is 5.56 Å². The Morgan fingerprint density at radius 1 is 1.24 bits per heavy atom. The highest BCUT2D eigenvalue weighted by atomic mass is 35.5. The molecule has 0 aliphatic heterocycles. The van der Waals surface area contributed by atoms with Gasteiger partial charge in [-0.2, -0.15) is 5.10 Å². The molecule has 0 aromatic carbocycles. The molecular weight excluding hydrogens is 344 g/mol. The van der Waals surface area contributed by atoms with Gasteiger partial charge >= 0.3 is 5.97 Å². The molecule has 2 aromatic heterocycles. The molecule has 0 aliphatic rings. The summed E-state index contributed by atoms with van der Waals surface area (Å²) in [6.07, 6.45) is 5.12. The molecule has 1 N–H and O–H groups in total. The van der Waals surface area contributed by atoms with Crippen molar-refractivity contribution >= 4 is 23.5 Å². The molecule has 1 atom stereocenters. The van der Waals surface area contributed by atoms with Crippen LogP contribution in [0, 0.1) is 5.92 Å². The van der Waals surface area contributed by atoms with Crippen LogP contribution in [0.25, 0.3) is 0 Å². The molecule has 0 spiro atoms. The molecule has 25 heavy (non-hydrogen) atoms. The van der Waals surface area contributed by atoms with Crippen molar-refractivity contribution in [3.8, 4) is 0 Å². The summed E-state index contributed by atoms with van der Waals surface area (Å²) in [7, 11) is 0. The molecule has 134 valence electrons. The van der Waals surface area contributed by atoms with E-state index in [1.807, 2.05) is 19.9 Å². The van der Waals surface area contributed by atoms with Gasteiger partial charge in [0.1, 0.15) is 11.1 Å². The van der Waals surface area contributed by atoms with Crippen molar-refractivity contribution in [3.05, 3.63) is 47.0 Å². The van der Waals surface area contributed by atoms with E-state index in [9.17, 15) is 14.7 Å². The lowest BCUT2D eigenvalue weighted by atomic mass is 10.00. The third-order valence-corrected chi connectivity index (χ3v) is 4.15. The first-order chi connectivity index (χ1) is 11.9. The second kappa shape index (κ2) is 8.62. The van der Waals surface area contributed by atoms with Crippen LogP contribution in [0.5, 0.6) is 0 Å². The summed E-state index contributed by atoms with van der Waals surface area (Å²) >= 11 is 5.76. The molecule has 0 bridgehead atoms. The quantitative estimate of drug-likeness (QED) is 0.572. The molecule has 0 aliphatic carbocycles. The van der Waals surface area contributed by atoms with Gasteiger partial charge in [-0.15, -0.1) is 0 Å². The lowest BCUT2D eigenvalue weighted by Crippen LogP contribution is -2.40. The number of carboxylic acid groups (broad SMARTS) is 1. The maximum absolute atomic E-state index is 12.4. The van der Waals surface area contributed by atoms with Gasteiger partial charge < -0.3 is 10.0 Å². The Morgan fingerprint density at radius 3 is 2.52 bits per heavy atom. The van der Waals surface area contributed by atoms with Crippen LogP contribution in [0.4, 0.5) is 0 Å². The number of halogens is 1. The smallest absolute Gasteiger partial charge is 0.316 e. The van der Waals surface area contributed by atoms with Crippen LogP contribution in [0.3, 0.4) is 0 Å². The molecule has 0 fully saturated rings. The Balaban J connectivity index is 2.08. The standard InChI is InChI=1S/C17H21ClN4O3/c1-3-21(4-2)16(23)14(17(24)25)7-13-9-20-22(11-13)10-12-5-6-15(18)19-8-12/h5-6,8-9,11,14H,3-4,7,10H2,1-2H3,(H,24,25). The van der Waals surface area contributed by atoms with Crippen molar-refractivity contribution in [2.75, 3.05) is 13.1 Å². The summed E-state index contributed by atoms with van der Waals surface area (Å²) in [5, 5.41) is 14.1. The van der Waals surface area contributed by atoms with Crippen molar-refractivity contribution in [2.24, 2.45) is 5.92 Å². The second-order valence-electron chi connectivity index (χ2n) is 5.64. The summed E-state index contributed by atoms with van der Waals surface area (Å²) in [4.78, 5) is 29.4. The summed E-state index contributed by atoms with van der Waals surface area (Å²) < 4.78 is 1.68. The average Bonchev–Trinajstić information content (AvgIpc) is 3.02. The van der Waals surface area contributed by atoms with E-state index in [1.165, 1.54) is 4.90 Å². The SMILES string of the molecule is CCN(CC)C(=O)C(Cc1cnn(Cc2ccc(Cl)nc2)c1)C(=O)O. The summed E-state index contributed by atoms with van der Waals surface area (Å²) in [6.45, 7) is 5.13. The number of carbonyl (C=O) groups is 2. The fourth-order valence-electron chi connectivity index (χ4n) is 2.56. The molecule has 0 radical (unpaired) electrons. The minimum atomic E-state index is -1.12. The Labute approximate surface area is 151 Å². The van der Waals surface area contributed by atoms with Crippen LogP contribution in [0.15, 0.2) is 30.7 Å². The van der Waals surface area contributed by atoms with Crippen molar-refractivity contribution in [2.45, 2.75) is 26.8 Å². The molecule has 8 heteroatoms. The minimum absolute atomic E-state index is 0.115. The summed E-state index contributed by atoms with van der Waals surface area (Å²) in [5.41, 5.74) is 1.63. The zero-order valence-electron chi connectivity index (χ0n) is 14.2. The van der Waals surface area contributed by atoms with Gasteiger partial charge in [-0.3, -0.25) is 14.3 Å². The largest absolute Gasteiger partial charge is 0.481 e. The van der Waals surface area contributed by atoms with Crippen molar-refractivity contribution in [1.29, 1.82) is 0 Å². The maximum Gasteiger partial charge on any atom is 0.316 e. The van der Waals surface area contributed by atoms with E-state index in [4.69, 9.17) is 11.6 Å². The van der Waals surface area contributed by atoms with Crippen LogP contribution in [-0.2, 0) is 22.6 Å². The molecule has 1 amide bonds. The molecule has 1 unspecified atom stereocenters. The highest BCUT2D eigenvalue weighted by molar-refractivity contribution is 6.29. The maximum atomic E-state index is 12.4. The number of carboxylic acids is 1. The van der Waals surface area contributed by atoms with Crippen LogP contribution in [-0.4, -0.2) is 49.7 Å². The molecule has 2 rings (SSSR count). The first kappa shape index (κ1) is 18.9. The van der Waals surface area contributed by atoms with Crippen LogP contribution in [0.2, 0.25) is 5.15 Å². The van der Waals surface area contributed by atoms with E-state index in [1.54, 1.807) is 29.3 Å². The topological polar surface area (TPSA) is 88.3 Å². The normalized spacial score (nSPS) is 12.0. The van der Waals surface area contributed by atoms with Gasteiger partial charge in [0.05, 0.1) is 12.7 Å². The fraction of sp³-hybridized carbons (Fsp3) is 0.412. The van der Waals surface area contributed by atoms with Crippen LogP contribution in [0.1, 0.15) is 25.0 Å². The predicted octanol–water partition coefficient (Wildman–Crippen LogP) is 2.09. The number of nitrogens with zero attached hydrogens (tertiary/aromatic N) is 4. The highest BCUT2D eigenvalue weighted by Gasteiger charge is 2.30. The molecule has 2 aromatic rings. The molecule has 2 heterocycles. The van der Waals surface area contributed by atoms with Crippen LogP contribution >= 0.6 is 11.6 Å². The van der Waals surface area contributed by atoms with Gasteiger partial charge in [0.2, 0.25) is 5.91 Å². The molecule has 7 nitrogen and oxygen atoms in total. The number of rotatable bonds is 8. The number of pyridine rings is 1. The number of aromatic nitrogens is 3. The number of carbonyl (C=O) groups excluding carboxylic acids is 1. The molecule has 0 saturated carbocycles. The fourth-order valence-corrected chi connectivity index (χ4v) is 2.67. The Morgan fingerprint density at radius 2 is 1.96 bits per heavy atom. The number of amides is 1. The lowest BCUT2D eigenvalue weighted by Gasteiger charge is -2.22. The lowest BCUT2D eigenvalue weighted by molar-refractivity contribution is -0.150. The van der Waals surface area contributed by atoms with Gasteiger partial charge in [0, 0.05) is 25.5 Å². The zero-order chi connectivity index (χ0) is 18.4. The zero-order valence-corrected chi connectivity index (χ0v) is 15.0. The van der Waals surface area contributed by atoms with E-state index in [2.05, 4.69) is 10.1 Å². The van der Waals surface area contributed by atoms with E-state index >= 15 is 0 Å². The summed E-state index contributed by atoms with van der Waals surface area (Å²) in [6, 6.07) is 3.55. The van der Waals surface area contributed by atoms with Crippen molar-refractivity contribution in [1.82, 2.24) is 19.7 Å². The molecule has 0 saturated heterocycles. The monoisotopic (exact) mass is 364 g/mol. The number of hydrogen-bond acceptors (Lipinski definition) is 4. The van der Waals surface area contributed by atoms with Gasteiger partial charge in [0.25, 0.3) is 0 Å². The number of aliphatic carboxylic acids is 1. The van der Waals surface area contributed by atoms with E-state index < -0.39 is 11.9 Å². The minimum Gasteiger partial charge on any atom is -0.481 e. The Hall–Kier alpha value is -2.41. The van der Waals surface area contributed by atoms with Gasteiger partial charge in [-0.1, -0.05) is 17.7 Å². The third-order valence-electron chi connectivity index (χ3n) is 3.93. The Kier molecular flexibility index (Phi) is 6.52. The highest BCUT2D eigenvalue weighted by Crippen LogP contribution is 2.13. The first-order valence-corrected chi connectivity index (χ1v) is 8.45. The third kappa shape index (κ3) is 5.03. The summed E-state index contributed by atoms with van der Waals surface area (Å²) in [5.74, 6) is -2.59. The number of hydrogen-bond donors (Lipinski definition) is 1. The van der Waals surface area contributed by atoms with Gasteiger partial charge in [-0.25, -0.2) is 4.98 Å². The van der Waals surface area contributed by atoms with E-state index in [-0.39, 0.29) is 12.3 Å². The van der Waals surface area contributed by atoms with Crippen molar-refractivity contribution in [3.63, 3.8) is 0 Å². The second-order valence-corrected chi connectivity index (χ2v) is 6.03. The van der Waals surface area contributed by atoms with Gasteiger partial charge in [0.15, 0.2) is 0 Å².